The van der Waals surface area contributed by atoms with E-state index in [1.807, 2.05) is 24.3 Å². The average Bonchev–Trinajstić information content (AvgIpc) is 3.00. The number of aliphatic hydroxyl groups is 1. The molecule has 0 spiro atoms. The molecule has 0 heterocycles. The van der Waals surface area contributed by atoms with Gasteiger partial charge in [-0.1, -0.05) is 36.4 Å². The van der Waals surface area contributed by atoms with Gasteiger partial charge in [0.05, 0.1) is 28.4 Å². The van der Waals surface area contributed by atoms with Crippen molar-refractivity contribution in [3.8, 4) is 34.5 Å². The van der Waals surface area contributed by atoms with Crippen LogP contribution in [0, 0.1) is 5.92 Å². The van der Waals surface area contributed by atoms with Crippen molar-refractivity contribution in [2.24, 2.45) is 5.92 Å². The van der Waals surface area contributed by atoms with Gasteiger partial charge in [0.15, 0.2) is 40.3 Å². The summed E-state index contributed by atoms with van der Waals surface area (Å²) in [7, 11) is 6.05. The Labute approximate surface area is 239 Å². The minimum atomic E-state index is -0.586. The molecule has 0 aromatic heterocycles. The molecule has 0 aliphatic heterocycles. The van der Waals surface area contributed by atoms with Gasteiger partial charge in [-0.25, -0.2) is 0 Å². The summed E-state index contributed by atoms with van der Waals surface area (Å²) in [4.78, 5) is 13.9. The van der Waals surface area contributed by atoms with Crippen molar-refractivity contribution < 1.29 is 39.1 Å². The maximum atomic E-state index is 13.9. The molecule has 1 aliphatic rings. The predicted molar refractivity (Wildman–Crippen MR) is 156 cm³/mol. The number of phenolic OH excluding ortho intramolecular Hbond substituents is 2. The number of carbonyl (C=O) groups is 1. The van der Waals surface area contributed by atoms with Crippen molar-refractivity contribution in [3.05, 3.63) is 101 Å². The first-order valence-corrected chi connectivity index (χ1v) is 13.0. The maximum absolute atomic E-state index is 13.9. The van der Waals surface area contributed by atoms with Crippen LogP contribution in [0.1, 0.15) is 34.9 Å². The molecule has 3 aromatic rings. The Balaban J connectivity index is 1.73. The van der Waals surface area contributed by atoms with Crippen molar-refractivity contribution in [2.75, 3.05) is 28.4 Å². The van der Waals surface area contributed by atoms with E-state index < -0.39 is 5.92 Å². The molecule has 41 heavy (non-hydrogen) atoms. The van der Waals surface area contributed by atoms with Gasteiger partial charge in [-0.05, 0) is 71.5 Å². The number of carbonyl (C=O) groups excluding carboxylic acids is 1. The smallest absolute Gasteiger partial charge is 0.163 e. The minimum absolute atomic E-state index is 0.00283. The lowest BCUT2D eigenvalue weighted by molar-refractivity contribution is -0.119. The zero-order valence-electron chi connectivity index (χ0n) is 23.4. The van der Waals surface area contributed by atoms with E-state index >= 15 is 0 Å². The molecule has 8 heteroatoms. The molecule has 0 saturated carbocycles. The Bertz CT molecular complexity index is 1490. The second-order valence-electron chi connectivity index (χ2n) is 9.60. The Kier molecular flexibility index (Phi) is 9.24. The van der Waals surface area contributed by atoms with Gasteiger partial charge in [0, 0.05) is 17.9 Å². The van der Waals surface area contributed by atoms with E-state index in [2.05, 4.69) is 0 Å². The molecule has 3 N–H and O–H groups in total. The predicted octanol–water partition coefficient (Wildman–Crippen LogP) is 6.30. The monoisotopic (exact) mass is 558 g/mol. The van der Waals surface area contributed by atoms with E-state index in [1.165, 1.54) is 32.4 Å². The van der Waals surface area contributed by atoms with Crippen LogP contribution in [0.3, 0.4) is 0 Å². The van der Waals surface area contributed by atoms with Crippen LogP contribution < -0.4 is 18.9 Å². The number of phenols is 2. The third-order valence-electron chi connectivity index (χ3n) is 7.25. The number of allylic oxidation sites excluding steroid dienone is 4. The maximum Gasteiger partial charge on any atom is 0.163 e. The van der Waals surface area contributed by atoms with E-state index in [4.69, 9.17) is 18.9 Å². The van der Waals surface area contributed by atoms with Crippen LogP contribution in [0.15, 0.2) is 84.7 Å². The van der Waals surface area contributed by atoms with Crippen molar-refractivity contribution >= 4 is 11.9 Å². The third-order valence-corrected chi connectivity index (χ3v) is 7.25. The van der Waals surface area contributed by atoms with Crippen LogP contribution >= 0.6 is 0 Å². The Morgan fingerprint density at radius 1 is 0.780 bits per heavy atom. The van der Waals surface area contributed by atoms with Gasteiger partial charge < -0.3 is 34.3 Å². The summed E-state index contributed by atoms with van der Waals surface area (Å²) in [6.07, 6.45) is 8.89. The summed E-state index contributed by atoms with van der Waals surface area (Å²) in [5, 5.41) is 30.7. The lowest BCUT2D eigenvalue weighted by Crippen LogP contribution is -2.29. The van der Waals surface area contributed by atoms with Crippen LogP contribution in [0.5, 0.6) is 34.5 Å². The zero-order valence-corrected chi connectivity index (χ0v) is 23.4. The molecule has 0 bridgehead atoms. The molecule has 1 aliphatic carbocycles. The fraction of sp³-hybridized carbons (Fsp3) is 0.242. The minimum Gasteiger partial charge on any atom is -0.508 e. The number of hydrogen-bond donors (Lipinski definition) is 3. The summed E-state index contributed by atoms with van der Waals surface area (Å²) >= 11 is 0. The standard InChI is InChI=1S/C33H34O8/c1-38-29-15-11-22(18-32(29)41-4)25-7-5-6-24(21-10-14-27(36)31(17-21)40-3)33(25)28(37)19-23(34)12-8-20-9-13-26(35)30(16-20)39-2/h5,7-19,24-25,33-36H,6H2,1-4H3/b12-8+,23-19-/t24-,25+,33-/m0/s1. The number of aromatic hydroxyl groups is 2. The van der Waals surface area contributed by atoms with Crippen LogP contribution in [-0.2, 0) is 4.79 Å². The summed E-state index contributed by atoms with van der Waals surface area (Å²) in [6.45, 7) is 0. The molecule has 3 aromatic carbocycles. The summed E-state index contributed by atoms with van der Waals surface area (Å²) in [5.41, 5.74) is 2.35. The number of rotatable bonds is 10. The van der Waals surface area contributed by atoms with Gasteiger partial charge in [0.1, 0.15) is 5.76 Å². The second-order valence-corrected chi connectivity index (χ2v) is 9.60. The van der Waals surface area contributed by atoms with Crippen molar-refractivity contribution in [1.29, 1.82) is 0 Å². The van der Waals surface area contributed by atoms with Crippen molar-refractivity contribution in [1.82, 2.24) is 0 Å². The van der Waals surface area contributed by atoms with Crippen LogP contribution in [0.4, 0.5) is 0 Å². The number of aliphatic hydroxyl groups excluding tert-OH is 1. The van der Waals surface area contributed by atoms with E-state index in [0.717, 1.165) is 11.1 Å². The number of methoxy groups -OCH3 is 4. The van der Waals surface area contributed by atoms with Gasteiger partial charge in [0.2, 0.25) is 0 Å². The first-order valence-electron chi connectivity index (χ1n) is 13.0. The summed E-state index contributed by atoms with van der Waals surface area (Å²) in [5.74, 6) is 0.0688. The number of hydrogen-bond acceptors (Lipinski definition) is 8. The van der Waals surface area contributed by atoms with Crippen LogP contribution in [0.25, 0.3) is 6.08 Å². The Morgan fingerprint density at radius 2 is 1.39 bits per heavy atom. The highest BCUT2D eigenvalue weighted by molar-refractivity contribution is 5.94. The van der Waals surface area contributed by atoms with Crippen molar-refractivity contribution in [2.45, 2.75) is 18.3 Å². The molecule has 0 amide bonds. The fourth-order valence-corrected chi connectivity index (χ4v) is 5.18. The van der Waals surface area contributed by atoms with E-state index in [-0.39, 0.29) is 34.9 Å². The lowest BCUT2D eigenvalue weighted by Gasteiger charge is -2.34. The number of ether oxygens (including phenoxy) is 4. The van der Waals surface area contributed by atoms with E-state index in [0.29, 0.717) is 35.0 Å². The molecule has 0 unspecified atom stereocenters. The molecule has 0 fully saturated rings. The quantitative estimate of drug-likeness (QED) is 0.115. The second kappa shape index (κ2) is 13.0. The first-order chi connectivity index (χ1) is 19.8. The van der Waals surface area contributed by atoms with E-state index in [9.17, 15) is 20.1 Å². The number of benzene rings is 3. The molecule has 3 atom stereocenters. The van der Waals surface area contributed by atoms with E-state index in [1.54, 1.807) is 56.7 Å². The number of ketones is 1. The van der Waals surface area contributed by atoms with Crippen molar-refractivity contribution in [3.63, 3.8) is 0 Å². The van der Waals surface area contributed by atoms with Crippen LogP contribution in [-0.4, -0.2) is 49.5 Å². The highest BCUT2D eigenvalue weighted by Crippen LogP contribution is 2.46. The Hall–Kier alpha value is -4.85. The molecule has 8 nitrogen and oxygen atoms in total. The fourth-order valence-electron chi connectivity index (χ4n) is 5.18. The third kappa shape index (κ3) is 6.49. The van der Waals surface area contributed by atoms with Gasteiger partial charge >= 0.3 is 0 Å². The highest BCUT2D eigenvalue weighted by Gasteiger charge is 2.37. The molecule has 4 rings (SSSR count). The summed E-state index contributed by atoms with van der Waals surface area (Å²) in [6, 6.07) is 15.4. The zero-order chi connectivity index (χ0) is 29.5. The lowest BCUT2D eigenvalue weighted by atomic mass is 9.68. The molecule has 214 valence electrons. The topological polar surface area (TPSA) is 115 Å². The average molecular weight is 559 g/mol. The molecular weight excluding hydrogens is 524 g/mol. The highest BCUT2D eigenvalue weighted by atomic mass is 16.5. The first kappa shape index (κ1) is 29.1. The van der Waals surface area contributed by atoms with Gasteiger partial charge in [0.25, 0.3) is 0 Å². The molecule has 0 radical (unpaired) electrons. The summed E-state index contributed by atoms with van der Waals surface area (Å²) < 4.78 is 21.4. The van der Waals surface area contributed by atoms with Gasteiger partial charge in [-0.3, -0.25) is 4.79 Å². The molecule has 0 saturated heterocycles. The normalized spacial score (nSPS) is 18.7. The van der Waals surface area contributed by atoms with Crippen LogP contribution in [0.2, 0.25) is 0 Å². The molecular formula is C33H34O8. The SMILES string of the molecule is COc1cc(/C=C/C(O)=C/C(=O)[C@@H]2[C@@H](c3ccc(OC)c(OC)c3)C=CC[C@H]2c2ccc(O)c(OC)c2)ccc1O. The Morgan fingerprint density at radius 3 is 2.07 bits per heavy atom. The van der Waals surface area contributed by atoms with Gasteiger partial charge in [-0.2, -0.15) is 0 Å². The largest absolute Gasteiger partial charge is 0.508 e. The van der Waals surface area contributed by atoms with Gasteiger partial charge in [-0.15, -0.1) is 0 Å².